The van der Waals surface area contributed by atoms with Gasteiger partial charge in [-0.1, -0.05) is 19.1 Å². The summed E-state index contributed by atoms with van der Waals surface area (Å²) in [7, 11) is 0. The van der Waals surface area contributed by atoms with Gasteiger partial charge in [0.05, 0.1) is 0 Å². The highest BCUT2D eigenvalue weighted by atomic mass is 32.1. The van der Waals surface area contributed by atoms with Gasteiger partial charge in [-0.2, -0.15) is 0 Å². The van der Waals surface area contributed by atoms with E-state index in [0.717, 1.165) is 12.1 Å². The minimum absolute atomic E-state index is 0.282. The fourth-order valence-corrected chi connectivity index (χ4v) is 1.90. The van der Waals surface area contributed by atoms with Gasteiger partial charge in [0, 0.05) is 11.7 Å². The maximum atomic E-state index is 5.18. The smallest absolute Gasteiger partial charge is 0.189 e. The van der Waals surface area contributed by atoms with E-state index in [4.69, 9.17) is 24.4 Å². The highest BCUT2D eigenvalue weighted by molar-refractivity contribution is 7.80. The Morgan fingerprint density at radius 2 is 1.84 bits per heavy atom. The molecular formula is C13H20N4S2. The molecule has 4 N–H and O–H groups in total. The monoisotopic (exact) mass is 296 g/mol. The zero-order valence-corrected chi connectivity index (χ0v) is 13.0. The lowest BCUT2D eigenvalue weighted by Gasteiger charge is -2.16. The van der Waals surface area contributed by atoms with E-state index in [1.165, 1.54) is 5.56 Å². The summed E-state index contributed by atoms with van der Waals surface area (Å²) in [6.07, 6.45) is 0.996. The second-order valence-corrected chi connectivity index (χ2v) is 5.20. The Labute approximate surface area is 125 Å². The first-order valence-electron chi connectivity index (χ1n) is 6.23. The third-order valence-electron chi connectivity index (χ3n) is 2.30. The van der Waals surface area contributed by atoms with Crippen molar-refractivity contribution in [3.8, 4) is 0 Å². The molecule has 0 aliphatic heterocycles. The Kier molecular flexibility index (Phi) is 6.52. The Morgan fingerprint density at radius 3 is 2.47 bits per heavy atom. The molecular weight excluding hydrogens is 276 g/mol. The SMILES string of the molecule is CCc1cccc(NC(=S)NNC(=S)NC(C)C)c1. The topological polar surface area (TPSA) is 48.1 Å². The van der Waals surface area contributed by atoms with Crippen LogP contribution >= 0.6 is 24.4 Å². The van der Waals surface area contributed by atoms with Crippen LogP contribution in [0.2, 0.25) is 0 Å². The fraction of sp³-hybridized carbons (Fsp3) is 0.385. The third kappa shape index (κ3) is 6.35. The third-order valence-corrected chi connectivity index (χ3v) is 2.73. The van der Waals surface area contributed by atoms with E-state index >= 15 is 0 Å². The highest BCUT2D eigenvalue weighted by Crippen LogP contribution is 2.10. The van der Waals surface area contributed by atoms with E-state index in [9.17, 15) is 0 Å². The van der Waals surface area contributed by atoms with Gasteiger partial charge >= 0.3 is 0 Å². The number of hydrogen-bond donors (Lipinski definition) is 4. The standard InChI is InChI=1S/C13H20N4S2/c1-4-10-6-5-7-11(8-10)15-13(19)17-16-12(18)14-9(2)3/h5-9H,4H2,1-3H3,(H2,14,16,18)(H2,15,17,19). The number of rotatable bonds is 3. The molecule has 0 radical (unpaired) electrons. The van der Waals surface area contributed by atoms with Crippen LogP contribution in [0.1, 0.15) is 26.3 Å². The van der Waals surface area contributed by atoms with Gasteiger partial charge in [-0.05, 0) is 62.4 Å². The summed E-state index contributed by atoms with van der Waals surface area (Å²) in [5.74, 6) is 0. The molecule has 1 rings (SSSR count). The molecule has 0 saturated carbocycles. The van der Waals surface area contributed by atoms with Crippen molar-refractivity contribution in [2.24, 2.45) is 0 Å². The summed E-state index contributed by atoms with van der Waals surface area (Å²) in [5.41, 5.74) is 7.89. The van der Waals surface area contributed by atoms with Crippen LogP contribution in [0.4, 0.5) is 5.69 Å². The molecule has 4 nitrogen and oxygen atoms in total. The van der Waals surface area contributed by atoms with Gasteiger partial charge in [-0.15, -0.1) is 0 Å². The van der Waals surface area contributed by atoms with Crippen LogP contribution in [0.15, 0.2) is 24.3 Å². The van der Waals surface area contributed by atoms with Crippen molar-refractivity contribution in [2.45, 2.75) is 33.2 Å². The van der Waals surface area contributed by atoms with Crippen LogP contribution < -0.4 is 21.5 Å². The first-order chi connectivity index (χ1) is 9.01. The minimum Gasteiger partial charge on any atom is -0.359 e. The van der Waals surface area contributed by atoms with E-state index in [2.05, 4.69) is 40.5 Å². The van der Waals surface area contributed by atoms with Crippen molar-refractivity contribution in [3.05, 3.63) is 29.8 Å². The molecule has 0 atom stereocenters. The Bertz CT molecular complexity index is 446. The van der Waals surface area contributed by atoms with Crippen LogP contribution in [0.5, 0.6) is 0 Å². The molecule has 0 spiro atoms. The molecule has 1 aromatic rings. The van der Waals surface area contributed by atoms with Gasteiger partial charge in [0.2, 0.25) is 0 Å². The molecule has 19 heavy (non-hydrogen) atoms. The molecule has 1 aromatic carbocycles. The van der Waals surface area contributed by atoms with Gasteiger partial charge in [-0.25, -0.2) is 0 Å². The van der Waals surface area contributed by atoms with Crippen LogP contribution in [0, 0.1) is 0 Å². The second kappa shape index (κ2) is 7.91. The molecule has 0 aliphatic rings. The Balaban J connectivity index is 2.40. The summed E-state index contributed by atoms with van der Waals surface area (Å²) < 4.78 is 0. The van der Waals surface area contributed by atoms with Crippen LogP contribution in [-0.4, -0.2) is 16.3 Å². The van der Waals surface area contributed by atoms with Crippen molar-refractivity contribution < 1.29 is 0 Å². The predicted octanol–water partition coefficient (Wildman–Crippen LogP) is 2.32. The van der Waals surface area contributed by atoms with E-state index in [1.54, 1.807) is 0 Å². The quantitative estimate of drug-likeness (QED) is 0.507. The average molecular weight is 296 g/mol. The molecule has 0 bridgehead atoms. The zero-order valence-electron chi connectivity index (χ0n) is 11.4. The van der Waals surface area contributed by atoms with Crippen LogP contribution in [0.3, 0.4) is 0 Å². The number of hydrazine groups is 1. The van der Waals surface area contributed by atoms with Gasteiger partial charge < -0.3 is 10.6 Å². The summed E-state index contributed by atoms with van der Waals surface area (Å²) in [5, 5.41) is 7.13. The predicted molar refractivity (Wildman–Crippen MR) is 89.2 cm³/mol. The highest BCUT2D eigenvalue weighted by Gasteiger charge is 2.00. The van der Waals surface area contributed by atoms with E-state index < -0.39 is 0 Å². The number of hydrogen-bond acceptors (Lipinski definition) is 2. The largest absolute Gasteiger partial charge is 0.359 e. The number of nitrogens with one attached hydrogen (secondary N) is 4. The number of anilines is 1. The average Bonchev–Trinajstić information content (AvgIpc) is 2.36. The molecule has 0 fully saturated rings. The summed E-state index contributed by atoms with van der Waals surface area (Å²) in [4.78, 5) is 0. The maximum Gasteiger partial charge on any atom is 0.189 e. The second-order valence-electron chi connectivity index (χ2n) is 4.39. The van der Waals surface area contributed by atoms with Gasteiger partial charge in [0.15, 0.2) is 10.2 Å². The van der Waals surface area contributed by atoms with Gasteiger partial charge in [0.25, 0.3) is 0 Å². The van der Waals surface area contributed by atoms with Crippen molar-refractivity contribution in [2.75, 3.05) is 5.32 Å². The molecule has 0 heterocycles. The molecule has 104 valence electrons. The molecule has 0 saturated heterocycles. The minimum atomic E-state index is 0.282. The maximum absolute atomic E-state index is 5.18. The lowest BCUT2D eigenvalue weighted by molar-refractivity contribution is 0.705. The normalized spacial score (nSPS) is 9.89. The number of benzene rings is 1. The van der Waals surface area contributed by atoms with Crippen LogP contribution in [-0.2, 0) is 6.42 Å². The van der Waals surface area contributed by atoms with Crippen molar-refractivity contribution in [1.29, 1.82) is 0 Å². The first kappa shape index (κ1) is 15.7. The molecule has 0 aromatic heterocycles. The lowest BCUT2D eigenvalue weighted by atomic mass is 10.1. The molecule has 0 unspecified atom stereocenters. The zero-order chi connectivity index (χ0) is 14.3. The van der Waals surface area contributed by atoms with Gasteiger partial charge in [-0.3, -0.25) is 10.9 Å². The van der Waals surface area contributed by atoms with E-state index in [1.807, 2.05) is 26.0 Å². The molecule has 0 amide bonds. The molecule has 6 heteroatoms. The number of thiocarbonyl (C=S) groups is 2. The lowest BCUT2D eigenvalue weighted by Crippen LogP contribution is -2.49. The molecule has 0 aliphatic carbocycles. The van der Waals surface area contributed by atoms with Crippen LogP contribution in [0.25, 0.3) is 0 Å². The van der Waals surface area contributed by atoms with Crippen molar-refractivity contribution in [1.82, 2.24) is 16.2 Å². The van der Waals surface area contributed by atoms with E-state index in [-0.39, 0.29) is 6.04 Å². The number of aryl methyl sites for hydroxylation is 1. The fourth-order valence-electron chi connectivity index (χ4n) is 1.44. The summed E-state index contributed by atoms with van der Waals surface area (Å²) in [6.45, 7) is 6.15. The summed E-state index contributed by atoms with van der Waals surface area (Å²) >= 11 is 10.3. The van der Waals surface area contributed by atoms with E-state index in [0.29, 0.717) is 10.2 Å². The Hall–Kier alpha value is -1.40. The van der Waals surface area contributed by atoms with Gasteiger partial charge in [0.1, 0.15) is 0 Å². The Morgan fingerprint density at radius 1 is 1.16 bits per heavy atom. The summed E-state index contributed by atoms with van der Waals surface area (Å²) in [6, 6.07) is 8.41. The van der Waals surface area contributed by atoms with Crippen molar-refractivity contribution >= 4 is 40.3 Å². The first-order valence-corrected chi connectivity index (χ1v) is 7.05. The van der Waals surface area contributed by atoms with Crippen molar-refractivity contribution in [3.63, 3.8) is 0 Å².